The van der Waals surface area contributed by atoms with Gasteiger partial charge in [-0.1, -0.05) is 23.5 Å². The summed E-state index contributed by atoms with van der Waals surface area (Å²) in [5.74, 6) is 0. The molecule has 0 spiro atoms. The van der Waals surface area contributed by atoms with Crippen molar-refractivity contribution in [3.63, 3.8) is 0 Å². The van der Waals surface area contributed by atoms with Crippen molar-refractivity contribution < 1.29 is 4.79 Å². The van der Waals surface area contributed by atoms with Gasteiger partial charge in [-0.25, -0.2) is 0 Å². The molecule has 0 unspecified atom stereocenters. The van der Waals surface area contributed by atoms with E-state index in [0.717, 1.165) is 5.69 Å². The number of hydrogen-bond donors (Lipinski definition) is 2. The van der Waals surface area contributed by atoms with Gasteiger partial charge in [0.1, 0.15) is 0 Å². The molecule has 0 fully saturated rings. The van der Waals surface area contributed by atoms with Gasteiger partial charge in [0.15, 0.2) is 0 Å². The van der Waals surface area contributed by atoms with E-state index in [1.54, 1.807) is 18.2 Å². The molecule has 1 amide bonds. The number of amides is 1. The lowest BCUT2D eigenvalue weighted by Crippen LogP contribution is -1.94. The van der Waals surface area contributed by atoms with Crippen LogP contribution in [-0.4, -0.2) is 12.7 Å². The van der Waals surface area contributed by atoms with Gasteiger partial charge in [-0.05, 0) is 18.2 Å². The first-order valence-electron chi connectivity index (χ1n) is 3.56. The fourth-order valence-corrected chi connectivity index (χ4v) is 1.51. The van der Waals surface area contributed by atoms with Crippen LogP contribution in [0.15, 0.2) is 18.2 Å². The molecule has 0 aliphatic rings. The molecule has 5 heteroatoms. The average molecular weight is 217 g/mol. The van der Waals surface area contributed by atoms with E-state index in [1.165, 1.54) is 11.9 Å². The lowest BCUT2D eigenvalue weighted by Gasteiger charge is -2.05. The fraction of sp³-hybridized carbons (Fsp3) is 0.125. The summed E-state index contributed by atoms with van der Waals surface area (Å²) in [6.07, 6.45) is 2.53. The summed E-state index contributed by atoms with van der Waals surface area (Å²) in [7, 11) is 0. The third-order valence-electron chi connectivity index (χ3n) is 1.34. The normalized spacial score (nSPS) is 9.38. The molecule has 1 aromatic carbocycles. The summed E-state index contributed by atoms with van der Waals surface area (Å²) in [6, 6.07) is 5.27. The van der Waals surface area contributed by atoms with Crippen molar-refractivity contribution in [3.8, 4) is 0 Å². The Morgan fingerprint density at radius 2 is 2.08 bits per heavy atom. The molecule has 0 bridgehead atoms. The summed E-state index contributed by atoms with van der Waals surface area (Å²) in [5.41, 5.74) is 1.54. The van der Waals surface area contributed by atoms with Gasteiger partial charge in [0.25, 0.3) is 0 Å². The van der Waals surface area contributed by atoms with Crippen molar-refractivity contribution in [3.05, 3.63) is 23.2 Å². The maximum atomic E-state index is 10.2. The molecule has 0 aliphatic carbocycles. The van der Waals surface area contributed by atoms with Crippen molar-refractivity contribution in [2.24, 2.45) is 0 Å². The largest absolute Gasteiger partial charge is 0.330 e. The third kappa shape index (κ3) is 3.16. The maximum Gasteiger partial charge on any atom is 0.211 e. The minimum atomic E-state index is 0.586. The molecule has 70 valence electrons. The van der Waals surface area contributed by atoms with E-state index in [2.05, 4.69) is 10.0 Å². The predicted molar refractivity (Wildman–Crippen MR) is 58.3 cm³/mol. The highest BCUT2D eigenvalue weighted by Gasteiger charge is 1.97. The van der Waals surface area contributed by atoms with E-state index in [1.807, 2.05) is 6.26 Å². The van der Waals surface area contributed by atoms with Crippen LogP contribution < -0.4 is 10.0 Å². The predicted octanol–water partition coefficient (Wildman–Crippen LogP) is 2.60. The topological polar surface area (TPSA) is 41.1 Å². The summed E-state index contributed by atoms with van der Waals surface area (Å²) in [5, 5.41) is 3.12. The van der Waals surface area contributed by atoms with E-state index >= 15 is 0 Å². The Morgan fingerprint density at radius 3 is 2.69 bits per heavy atom. The first-order chi connectivity index (χ1) is 6.26. The number of carbonyl (C=O) groups excluding carboxylic acids is 1. The SMILES string of the molecule is CSNc1cc(Cl)cc(NC=O)c1. The average Bonchev–Trinajstić information content (AvgIpc) is 2.04. The van der Waals surface area contributed by atoms with Crippen molar-refractivity contribution in [1.29, 1.82) is 0 Å². The molecular formula is C8H9ClN2OS. The van der Waals surface area contributed by atoms with Crippen LogP contribution in [0.2, 0.25) is 5.02 Å². The molecule has 0 aromatic heterocycles. The van der Waals surface area contributed by atoms with E-state index < -0.39 is 0 Å². The molecule has 1 aromatic rings. The van der Waals surface area contributed by atoms with Crippen LogP contribution in [0.4, 0.5) is 11.4 Å². The van der Waals surface area contributed by atoms with Gasteiger partial charge in [-0.3, -0.25) is 4.79 Å². The van der Waals surface area contributed by atoms with Gasteiger partial charge in [0.2, 0.25) is 6.41 Å². The van der Waals surface area contributed by atoms with Crippen molar-refractivity contribution in [1.82, 2.24) is 0 Å². The first-order valence-corrected chi connectivity index (χ1v) is 5.16. The zero-order valence-electron chi connectivity index (χ0n) is 7.00. The Balaban J connectivity index is 2.89. The Labute approximate surface area is 86.0 Å². The van der Waals surface area contributed by atoms with Crippen LogP contribution in [-0.2, 0) is 4.79 Å². The minimum absolute atomic E-state index is 0.586. The fourth-order valence-electron chi connectivity index (χ4n) is 0.918. The highest BCUT2D eigenvalue weighted by atomic mass is 35.5. The lowest BCUT2D eigenvalue weighted by atomic mass is 10.3. The van der Waals surface area contributed by atoms with Gasteiger partial charge in [0.05, 0.1) is 0 Å². The second-order valence-electron chi connectivity index (χ2n) is 2.30. The zero-order chi connectivity index (χ0) is 9.68. The molecule has 2 N–H and O–H groups in total. The van der Waals surface area contributed by atoms with E-state index in [9.17, 15) is 4.79 Å². The molecule has 0 saturated heterocycles. The number of halogens is 1. The lowest BCUT2D eigenvalue weighted by molar-refractivity contribution is -0.105. The van der Waals surface area contributed by atoms with Crippen LogP contribution in [0.25, 0.3) is 0 Å². The van der Waals surface area contributed by atoms with Crippen LogP contribution in [0, 0.1) is 0 Å². The second kappa shape index (κ2) is 4.99. The Kier molecular flexibility index (Phi) is 3.92. The van der Waals surface area contributed by atoms with Gasteiger partial charge < -0.3 is 10.0 Å². The number of rotatable bonds is 4. The van der Waals surface area contributed by atoms with Crippen LogP contribution in [0.5, 0.6) is 0 Å². The summed E-state index contributed by atoms with van der Waals surface area (Å²) in [4.78, 5) is 10.2. The van der Waals surface area contributed by atoms with E-state index in [-0.39, 0.29) is 0 Å². The highest BCUT2D eigenvalue weighted by molar-refractivity contribution is 7.99. The summed E-state index contributed by atoms with van der Waals surface area (Å²) in [6.45, 7) is 0. The monoisotopic (exact) mass is 216 g/mol. The van der Waals surface area contributed by atoms with Crippen molar-refractivity contribution >= 4 is 41.3 Å². The molecule has 3 nitrogen and oxygen atoms in total. The highest BCUT2D eigenvalue weighted by Crippen LogP contribution is 2.23. The van der Waals surface area contributed by atoms with Gasteiger partial charge in [-0.15, -0.1) is 0 Å². The van der Waals surface area contributed by atoms with Gasteiger partial charge in [0, 0.05) is 22.7 Å². The van der Waals surface area contributed by atoms with Crippen LogP contribution in [0.3, 0.4) is 0 Å². The minimum Gasteiger partial charge on any atom is -0.330 e. The van der Waals surface area contributed by atoms with Crippen molar-refractivity contribution in [2.45, 2.75) is 0 Å². The number of anilines is 2. The summed E-state index contributed by atoms with van der Waals surface area (Å²) < 4.78 is 3.02. The van der Waals surface area contributed by atoms with Crippen molar-refractivity contribution in [2.75, 3.05) is 16.3 Å². The Hall–Kier alpha value is -0.870. The second-order valence-corrected chi connectivity index (χ2v) is 3.35. The van der Waals surface area contributed by atoms with Gasteiger partial charge in [-0.2, -0.15) is 0 Å². The Bertz CT molecular complexity index is 306. The first kappa shape index (κ1) is 10.2. The standard InChI is InChI=1S/C8H9ClN2OS/c1-13-11-8-3-6(9)2-7(4-8)10-5-12/h2-5,11H,1H3,(H,10,12). The molecule has 0 saturated carbocycles. The number of nitrogens with one attached hydrogen (secondary N) is 2. The molecule has 0 heterocycles. The quantitative estimate of drug-likeness (QED) is 0.601. The molecular weight excluding hydrogens is 208 g/mol. The maximum absolute atomic E-state index is 10.2. The zero-order valence-corrected chi connectivity index (χ0v) is 8.58. The molecule has 0 radical (unpaired) electrons. The third-order valence-corrected chi connectivity index (χ3v) is 2.00. The molecule has 0 atom stereocenters. The van der Waals surface area contributed by atoms with E-state index in [0.29, 0.717) is 17.1 Å². The number of benzene rings is 1. The number of hydrogen-bond acceptors (Lipinski definition) is 3. The summed E-state index contributed by atoms with van der Waals surface area (Å²) >= 11 is 7.28. The number of carbonyl (C=O) groups is 1. The Morgan fingerprint density at radius 1 is 1.38 bits per heavy atom. The molecule has 1 rings (SSSR count). The van der Waals surface area contributed by atoms with E-state index in [4.69, 9.17) is 11.6 Å². The van der Waals surface area contributed by atoms with Crippen LogP contribution >= 0.6 is 23.5 Å². The molecule has 13 heavy (non-hydrogen) atoms. The van der Waals surface area contributed by atoms with Crippen LogP contribution in [0.1, 0.15) is 0 Å². The smallest absolute Gasteiger partial charge is 0.211 e. The molecule has 0 aliphatic heterocycles. The van der Waals surface area contributed by atoms with Gasteiger partial charge >= 0.3 is 0 Å².